The minimum absolute atomic E-state index is 0.806. The third-order valence-electron chi connectivity index (χ3n) is 3.24. The van der Waals surface area contributed by atoms with E-state index in [-0.39, 0.29) is 0 Å². The van der Waals surface area contributed by atoms with Crippen molar-refractivity contribution >= 4 is 17.0 Å². The van der Waals surface area contributed by atoms with E-state index in [1.54, 1.807) is 0 Å². The number of rotatable bonds is 5. The topological polar surface area (TPSA) is 24.9 Å². The van der Waals surface area contributed by atoms with E-state index in [1.165, 1.54) is 23.8 Å². The van der Waals surface area contributed by atoms with Crippen molar-refractivity contribution in [2.75, 3.05) is 6.54 Å². The van der Waals surface area contributed by atoms with Gasteiger partial charge in [-0.3, -0.25) is 4.98 Å². The standard InChI is InChI=1S/C16H18N2/c1-2-7-16-14(6-1)11-13(12-18-16)5-3-4-10-17-15-8-9-15/h1-3,5-7,11-12,15,17H,4,8-10H2. The highest BCUT2D eigenvalue weighted by molar-refractivity contribution is 5.80. The predicted octanol–water partition coefficient (Wildman–Crippen LogP) is 3.39. The SMILES string of the molecule is C(=Cc1cnc2ccccc2c1)CCNC1CC1. The van der Waals surface area contributed by atoms with Gasteiger partial charge in [0, 0.05) is 17.6 Å². The Labute approximate surface area is 108 Å². The molecule has 1 aromatic heterocycles. The fraction of sp³-hybridized carbons (Fsp3) is 0.312. The molecule has 1 aromatic carbocycles. The average Bonchev–Trinajstić information content (AvgIpc) is 3.22. The van der Waals surface area contributed by atoms with Crippen molar-refractivity contribution in [2.45, 2.75) is 25.3 Å². The normalized spacial score (nSPS) is 15.6. The van der Waals surface area contributed by atoms with Crippen LogP contribution in [-0.2, 0) is 0 Å². The van der Waals surface area contributed by atoms with Crippen molar-refractivity contribution in [1.29, 1.82) is 0 Å². The Kier molecular flexibility index (Phi) is 3.37. The van der Waals surface area contributed by atoms with E-state index in [2.05, 4.69) is 40.7 Å². The van der Waals surface area contributed by atoms with E-state index in [4.69, 9.17) is 0 Å². The molecule has 1 heterocycles. The Morgan fingerprint density at radius 1 is 1.28 bits per heavy atom. The van der Waals surface area contributed by atoms with E-state index in [0.717, 1.165) is 24.5 Å². The summed E-state index contributed by atoms with van der Waals surface area (Å²) in [6.07, 6.45) is 10.1. The predicted molar refractivity (Wildman–Crippen MR) is 76.4 cm³/mol. The van der Waals surface area contributed by atoms with E-state index in [0.29, 0.717) is 0 Å². The first-order valence-electron chi connectivity index (χ1n) is 6.66. The molecule has 2 nitrogen and oxygen atoms in total. The van der Waals surface area contributed by atoms with Crippen LogP contribution in [0.5, 0.6) is 0 Å². The fourth-order valence-corrected chi connectivity index (χ4v) is 2.06. The second-order valence-electron chi connectivity index (χ2n) is 4.88. The van der Waals surface area contributed by atoms with Crippen LogP contribution in [0.3, 0.4) is 0 Å². The van der Waals surface area contributed by atoms with Crippen molar-refractivity contribution in [3.63, 3.8) is 0 Å². The van der Waals surface area contributed by atoms with Crippen LogP contribution < -0.4 is 5.32 Å². The molecule has 0 atom stereocenters. The molecule has 1 aliphatic carbocycles. The van der Waals surface area contributed by atoms with Crippen LogP contribution in [0.2, 0.25) is 0 Å². The summed E-state index contributed by atoms with van der Waals surface area (Å²) in [6.45, 7) is 1.09. The second kappa shape index (κ2) is 5.32. The Morgan fingerprint density at radius 3 is 3.06 bits per heavy atom. The molecule has 0 radical (unpaired) electrons. The van der Waals surface area contributed by atoms with Crippen LogP contribution in [0.25, 0.3) is 17.0 Å². The van der Waals surface area contributed by atoms with Gasteiger partial charge in [-0.1, -0.05) is 30.4 Å². The Hall–Kier alpha value is -1.67. The summed E-state index contributed by atoms with van der Waals surface area (Å²) in [5.41, 5.74) is 2.24. The lowest BCUT2D eigenvalue weighted by Crippen LogP contribution is -2.16. The number of hydrogen-bond acceptors (Lipinski definition) is 2. The molecule has 18 heavy (non-hydrogen) atoms. The minimum Gasteiger partial charge on any atom is -0.314 e. The van der Waals surface area contributed by atoms with Gasteiger partial charge in [-0.05, 0) is 43.5 Å². The first-order chi connectivity index (χ1) is 8.92. The molecule has 1 N–H and O–H groups in total. The number of benzene rings is 1. The Bertz CT molecular complexity index is 556. The summed E-state index contributed by atoms with van der Waals surface area (Å²) >= 11 is 0. The van der Waals surface area contributed by atoms with Crippen LogP contribution in [0.1, 0.15) is 24.8 Å². The number of para-hydroxylation sites is 1. The molecular weight excluding hydrogens is 220 g/mol. The van der Waals surface area contributed by atoms with Crippen molar-refractivity contribution in [3.05, 3.63) is 48.2 Å². The van der Waals surface area contributed by atoms with Gasteiger partial charge >= 0.3 is 0 Å². The maximum atomic E-state index is 4.45. The number of nitrogens with zero attached hydrogens (tertiary/aromatic N) is 1. The molecule has 2 aromatic rings. The van der Waals surface area contributed by atoms with Gasteiger partial charge < -0.3 is 5.32 Å². The van der Waals surface area contributed by atoms with Gasteiger partial charge in [0.1, 0.15) is 0 Å². The first-order valence-corrected chi connectivity index (χ1v) is 6.66. The average molecular weight is 238 g/mol. The smallest absolute Gasteiger partial charge is 0.0702 e. The summed E-state index contributed by atoms with van der Waals surface area (Å²) in [5.74, 6) is 0. The van der Waals surface area contributed by atoms with Crippen molar-refractivity contribution in [3.8, 4) is 0 Å². The quantitative estimate of drug-likeness (QED) is 0.808. The Morgan fingerprint density at radius 2 is 2.17 bits per heavy atom. The molecule has 0 saturated heterocycles. The molecule has 1 saturated carbocycles. The van der Waals surface area contributed by atoms with Crippen molar-refractivity contribution < 1.29 is 0 Å². The fourth-order valence-electron chi connectivity index (χ4n) is 2.06. The van der Waals surface area contributed by atoms with Crippen LogP contribution in [0.4, 0.5) is 0 Å². The van der Waals surface area contributed by atoms with Crippen molar-refractivity contribution in [2.24, 2.45) is 0 Å². The lowest BCUT2D eigenvalue weighted by molar-refractivity contribution is 0.691. The monoisotopic (exact) mass is 238 g/mol. The summed E-state index contributed by atoms with van der Waals surface area (Å²) < 4.78 is 0. The highest BCUT2D eigenvalue weighted by Gasteiger charge is 2.19. The summed E-state index contributed by atoms with van der Waals surface area (Å²) in [7, 11) is 0. The third-order valence-corrected chi connectivity index (χ3v) is 3.24. The molecule has 1 fully saturated rings. The zero-order valence-corrected chi connectivity index (χ0v) is 10.5. The van der Waals surface area contributed by atoms with Crippen LogP contribution >= 0.6 is 0 Å². The van der Waals surface area contributed by atoms with E-state index in [1.807, 2.05) is 18.3 Å². The molecule has 0 unspecified atom stereocenters. The van der Waals surface area contributed by atoms with E-state index < -0.39 is 0 Å². The molecule has 1 aliphatic rings. The van der Waals surface area contributed by atoms with Gasteiger partial charge in [-0.25, -0.2) is 0 Å². The second-order valence-corrected chi connectivity index (χ2v) is 4.88. The van der Waals surface area contributed by atoms with Gasteiger partial charge in [0.15, 0.2) is 0 Å². The minimum atomic E-state index is 0.806. The first kappa shape index (κ1) is 11.4. The molecule has 0 aliphatic heterocycles. The molecule has 0 spiro atoms. The van der Waals surface area contributed by atoms with Gasteiger partial charge in [-0.2, -0.15) is 0 Å². The molecule has 3 rings (SSSR count). The largest absolute Gasteiger partial charge is 0.314 e. The third kappa shape index (κ3) is 2.96. The lowest BCUT2D eigenvalue weighted by atomic mass is 10.1. The van der Waals surface area contributed by atoms with Crippen molar-refractivity contribution in [1.82, 2.24) is 10.3 Å². The highest BCUT2D eigenvalue weighted by Crippen LogP contribution is 2.18. The Balaban J connectivity index is 1.60. The molecule has 2 heteroatoms. The number of fused-ring (bicyclic) bond motifs is 1. The zero-order valence-electron chi connectivity index (χ0n) is 10.5. The summed E-state index contributed by atoms with van der Waals surface area (Å²) in [6, 6.07) is 11.2. The van der Waals surface area contributed by atoms with Crippen LogP contribution in [-0.4, -0.2) is 17.6 Å². The summed E-state index contributed by atoms with van der Waals surface area (Å²) in [4.78, 5) is 4.45. The molecule has 0 bridgehead atoms. The van der Waals surface area contributed by atoms with Gasteiger partial charge in [-0.15, -0.1) is 0 Å². The van der Waals surface area contributed by atoms with Gasteiger partial charge in [0.2, 0.25) is 0 Å². The maximum absolute atomic E-state index is 4.45. The lowest BCUT2D eigenvalue weighted by Gasteiger charge is -1.99. The zero-order chi connectivity index (χ0) is 12.2. The molecular formula is C16H18N2. The number of pyridine rings is 1. The number of aromatic nitrogens is 1. The number of nitrogens with one attached hydrogen (secondary N) is 1. The van der Waals surface area contributed by atoms with Gasteiger partial charge in [0.05, 0.1) is 5.52 Å². The maximum Gasteiger partial charge on any atom is 0.0702 e. The molecule has 0 amide bonds. The van der Waals surface area contributed by atoms with Crippen LogP contribution in [0.15, 0.2) is 42.6 Å². The van der Waals surface area contributed by atoms with Crippen LogP contribution in [0, 0.1) is 0 Å². The van der Waals surface area contributed by atoms with Gasteiger partial charge in [0.25, 0.3) is 0 Å². The van der Waals surface area contributed by atoms with E-state index in [9.17, 15) is 0 Å². The molecule has 92 valence electrons. The number of hydrogen-bond donors (Lipinski definition) is 1. The highest BCUT2D eigenvalue weighted by atomic mass is 14.9. The van der Waals surface area contributed by atoms with E-state index >= 15 is 0 Å². The summed E-state index contributed by atoms with van der Waals surface area (Å²) in [5, 5.41) is 4.71.